The van der Waals surface area contributed by atoms with Crippen molar-refractivity contribution in [1.29, 1.82) is 0 Å². The van der Waals surface area contributed by atoms with Gasteiger partial charge in [-0.05, 0) is 55.2 Å². The molecule has 0 bridgehead atoms. The molecule has 0 saturated carbocycles. The number of anilines is 1. The fourth-order valence-electron chi connectivity index (χ4n) is 4.39. The zero-order valence-electron chi connectivity index (χ0n) is 19.4. The molecule has 0 unspecified atom stereocenters. The highest BCUT2D eigenvalue weighted by molar-refractivity contribution is 7.92. The molecule has 1 fully saturated rings. The van der Waals surface area contributed by atoms with E-state index >= 15 is 4.39 Å². The summed E-state index contributed by atoms with van der Waals surface area (Å²) in [5.74, 6) is -0.111. The molecule has 2 aromatic carbocycles. The molecule has 0 amide bonds. The molecule has 1 aliphatic heterocycles. The molecular formula is C25H24FN3O6S. The van der Waals surface area contributed by atoms with Crippen LogP contribution in [0.2, 0.25) is 0 Å². The van der Waals surface area contributed by atoms with Gasteiger partial charge in [0.15, 0.2) is 5.82 Å². The number of benzene rings is 2. The summed E-state index contributed by atoms with van der Waals surface area (Å²) in [4.78, 5) is 12.9. The Morgan fingerprint density at radius 2 is 2.03 bits per heavy atom. The third kappa shape index (κ3) is 4.71. The molecule has 3 heterocycles. The van der Waals surface area contributed by atoms with Gasteiger partial charge in [0.25, 0.3) is 15.6 Å². The van der Waals surface area contributed by atoms with Crippen molar-refractivity contribution in [2.45, 2.75) is 36.7 Å². The summed E-state index contributed by atoms with van der Waals surface area (Å²) in [6.45, 7) is 0.665. The van der Waals surface area contributed by atoms with Gasteiger partial charge < -0.3 is 14.0 Å². The molecule has 1 aliphatic rings. The first-order chi connectivity index (χ1) is 17.4. The topological polar surface area (TPSA) is 113 Å². The van der Waals surface area contributed by atoms with Crippen LogP contribution in [-0.2, 0) is 21.2 Å². The van der Waals surface area contributed by atoms with E-state index in [-0.39, 0.29) is 22.5 Å². The second kappa shape index (κ2) is 9.75. The molecule has 9 nitrogen and oxygen atoms in total. The smallest absolute Gasteiger partial charge is 0.263 e. The van der Waals surface area contributed by atoms with Crippen LogP contribution in [0, 0.1) is 5.82 Å². The van der Waals surface area contributed by atoms with Gasteiger partial charge in [-0.3, -0.25) is 14.1 Å². The van der Waals surface area contributed by atoms with Gasteiger partial charge in [-0.2, -0.15) is 0 Å². The van der Waals surface area contributed by atoms with Crippen molar-refractivity contribution >= 4 is 26.7 Å². The number of sulfonamides is 1. The number of nitrogens with zero attached hydrogens (tertiary/aromatic N) is 2. The van der Waals surface area contributed by atoms with Crippen LogP contribution in [0.25, 0.3) is 16.6 Å². The fourth-order valence-corrected chi connectivity index (χ4v) is 5.42. The highest BCUT2D eigenvalue weighted by Crippen LogP contribution is 2.31. The normalized spacial score (nSPS) is 16.2. The Balaban J connectivity index is 1.56. The first-order valence-electron chi connectivity index (χ1n) is 11.4. The van der Waals surface area contributed by atoms with Crippen LogP contribution in [0.1, 0.15) is 24.8 Å². The average Bonchev–Trinajstić information content (AvgIpc) is 3.38. The van der Waals surface area contributed by atoms with E-state index in [1.807, 2.05) is 0 Å². The lowest BCUT2D eigenvalue weighted by molar-refractivity contribution is 0.0163. The van der Waals surface area contributed by atoms with Crippen LogP contribution in [-0.4, -0.2) is 38.0 Å². The van der Waals surface area contributed by atoms with E-state index < -0.39 is 21.4 Å². The first kappa shape index (κ1) is 24.0. The summed E-state index contributed by atoms with van der Waals surface area (Å²) in [5, 5.41) is 4.02. The van der Waals surface area contributed by atoms with Crippen molar-refractivity contribution in [2.75, 3.05) is 18.4 Å². The number of hydrogen-bond acceptors (Lipinski definition) is 7. The molecule has 188 valence electrons. The Labute approximate surface area is 206 Å². The maximum atomic E-state index is 15.2. The Morgan fingerprint density at radius 3 is 2.75 bits per heavy atom. The van der Waals surface area contributed by atoms with Gasteiger partial charge in [0.2, 0.25) is 0 Å². The molecule has 0 spiro atoms. The molecule has 11 heteroatoms. The number of rotatable bonds is 7. The highest BCUT2D eigenvalue weighted by Gasteiger charge is 2.21. The van der Waals surface area contributed by atoms with E-state index in [0.717, 1.165) is 19.3 Å². The molecule has 1 atom stereocenters. The van der Waals surface area contributed by atoms with Crippen LogP contribution in [0.4, 0.5) is 10.2 Å². The number of fused-ring (bicyclic) bond motifs is 1. The van der Waals surface area contributed by atoms with Crippen molar-refractivity contribution < 1.29 is 26.8 Å². The molecule has 4 aromatic rings. The lowest BCUT2D eigenvalue weighted by Crippen LogP contribution is -2.22. The van der Waals surface area contributed by atoms with Crippen LogP contribution < -0.4 is 15.0 Å². The van der Waals surface area contributed by atoms with Crippen molar-refractivity contribution in [3.05, 3.63) is 76.5 Å². The van der Waals surface area contributed by atoms with E-state index in [1.54, 1.807) is 6.07 Å². The minimum Gasteiger partial charge on any atom is -0.495 e. The summed E-state index contributed by atoms with van der Waals surface area (Å²) in [5.41, 5.74) is 0.641. The zero-order valence-corrected chi connectivity index (χ0v) is 20.3. The zero-order chi connectivity index (χ0) is 25.3. The summed E-state index contributed by atoms with van der Waals surface area (Å²) < 4.78 is 60.3. The van der Waals surface area contributed by atoms with E-state index in [1.165, 1.54) is 60.4 Å². The van der Waals surface area contributed by atoms with Crippen molar-refractivity contribution in [3.63, 3.8) is 0 Å². The van der Waals surface area contributed by atoms with E-state index in [0.29, 0.717) is 35.2 Å². The number of hydrogen-bond donors (Lipinski definition) is 1. The number of methoxy groups -OCH3 is 1. The summed E-state index contributed by atoms with van der Waals surface area (Å²) in [6, 6.07) is 11.3. The van der Waals surface area contributed by atoms with Gasteiger partial charge in [0.1, 0.15) is 17.8 Å². The quantitative estimate of drug-likeness (QED) is 0.397. The van der Waals surface area contributed by atoms with Gasteiger partial charge in [-0.15, -0.1) is 0 Å². The van der Waals surface area contributed by atoms with E-state index in [4.69, 9.17) is 9.47 Å². The summed E-state index contributed by atoms with van der Waals surface area (Å²) >= 11 is 0. The molecule has 0 aliphatic carbocycles. The van der Waals surface area contributed by atoms with Gasteiger partial charge in [-0.25, -0.2) is 12.8 Å². The minimum absolute atomic E-state index is 0.0378. The predicted molar refractivity (Wildman–Crippen MR) is 131 cm³/mol. The van der Waals surface area contributed by atoms with Gasteiger partial charge in [0, 0.05) is 36.6 Å². The van der Waals surface area contributed by atoms with Crippen LogP contribution in [0.15, 0.2) is 69.0 Å². The van der Waals surface area contributed by atoms with Gasteiger partial charge >= 0.3 is 0 Å². The lowest BCUT2D eigenvalue weighted by atomic mass is 10.00. The number of pyridine rings is 1. The number of halogens is 1. The number of ether oxygens (including phenoxy) is 2. The Kier molecular flexibility index (Phi) is 6.50. The second-order valence-corrected chi connectivity index (χ2v) is 10.2. The average molecular weight is 514 g/mol. The molecule has 0 radical (unpaired) electrons. The molecule has 36 heavy (non-hydrogen) atoms. The van der Waals surface area contributed by atoms with Gasteiger partial charge in [-0.1, -0.05) is 5.16 Å². The van der Waals surface area contributed by atoms with Crippen LogP contribution in [0.3, 0.4) is 0 Å². The molecular weight excluding hydrogens is 489 g/mol. The largest absolute Gasteiger partial charge is 0.495 e. The molecule has 5 rings (SSSR count). The monoisotopic (exact) mass is 513 g/mol. The predicted octanol–water partition coefficient (Wildman–Crippen LogP) is 4.04. The van der Waals surface area contributed by atoms with Crippen molar-refractivity contribution in [2.24, 2.45) is 0 Å². The molecule has 1 saturated heterocycles. The first-order valence-corrected chi connectivity index (χ1v) is 12.9. The van der Waals surface area contributed by atoms with Crippen LogP contribution in [0.5, 0.6) is 5.75 Å². The SMILES string of the molecule is COc1cc(C[C@H]2CCCCO2)c(F)cc1-n1c(=O)ccc2cc(S(=O)(=O)Nc3ccon3)ccc21. The van der Waals surface area contributed by atoms with Crippen molar-refractivity contribution in [1.82, 2.24) is 9.72 Å². The fraction of sp³-hybridized carbons (Fsp3) is 0.280. The number of nitrogens with one attached hydrogen (secondary N) is 1. The Bertz CT molecular complexity index is 1560. The van der Waals surface area contributed by atoms with Crippen LogP contribution >= 0.6 is 0 Å². The Morgan fingerprint density at radius 1 is 1.17 bits per heavy atom. The van der Waals surface area contributed by atoms with Crippen molar-refractivity contribution in [3.8, 4) is 11.4 Å². The maximum absolute atomic E-state index is 15.2. The number of aromatic nitrogens is 2. The molecule has 1 N–H and O–H groups in total. The molecule has 2 aromatic heterocycles. The standard InChI is InChI=1S/C25H24FN3O6S/c1-33-23-14-17(12-18-4-2-3-10-34-18)20(26)15-22(23)29-21-7-6-19(13-16(21)5-8-25(29)30)36(31,32)28-24-9-11-35-27-24/h5-9,11,13-15,18H,2-4,10,12H2,1H3,(H,27,28)/t18-/m1/s1. The Hall–Kier alpha value is -3.70. The maximum Gasteiger partial charge on any atom is 0.263 e. The third-order valence-electron chi connectivity index (χ3n) is 6.16. The lowest BCUT2D eigenvalue weighted by Gasteiger charge is -2.23. The highest BCUT2D eigenvalue weighted by atomic mass is 32.2. The van der Waals surface area contributed by atoms with Gasteiger partial charge in [0.05, 0.1) is 29.3 Å². The minimum atomic E-state index is -3.96. The third-order valence-corrected chi connectivity index (χ3v) is 7.52. The second-order valence-electron chi connectivity index (χ2n) is 8.53. The summed E-state index contributed by atoms with van der Waals surface area (Å²) in [6.07, 6.45) is 4.51. The summed E-state index contributed by atoms with van der Waals surface area (Å²) in [7, 11) is -2.51. The van der Waals surface area contributed by atoms with E-state index in [9.17, 15) is 13.2 Å². The van der Waals surface area contributed by atoms with E-state index in [2.05, 4.69) is 14.4 Å².